The minimum atomic E-state index is -0.908. The van der Waals surface area contributed by atoms with Gasteiger partial charge in [-0.05, 0) is 58.0 Å². The molecule has 0 saturated heterocycles. The van der Waals surface area contributed by atoms with Gasteiger partial charge in [-0.15, -0.1) is 12.4 Å². The number of carbonyl (C=O) groups is 3. The zero-order chi connectivity index (χ0) is 21.9. The van der Waals surface area contributed by atoms with Crippen LogP contribution in [-0.2, 0) is 4.79 Å². The third-order valence-electron chi connectivity index (χ3n) is 3.96. The van der Waals surface area contributed by atoms with Gasteiger partial charge in [0.1, 0.15) is 0 Å². The Hall–Kier alpha value is -2.34. The second-order valence-corrected chi connectivity index (χ2v) is 8.32. The summed E-state index contributed by atoms with van der Waals surface area (Å²) in [5.74, 6) is -1.96. The third kappa shape index (κ3) is 5.63. The minimum Gasteiger partial charge on any atom is -0.268 e. The SMILES string of the molecule is C=C(C)C(=O)N(N(C(=O)c1ccccc1)C(=O)c1ccc(Cl)cc1Cl)C(C)(C)C.Cl. The summed E-state index contributed by atoms with van der Waals surface area (Å²) in [7, 11) is 0. The molecule has 30 heavy (non-hydrogen) atoms. The van der Waals surface area contributed by atoms with Gasteiger partial charge in [0.2, 0.25) is 0 Å². The Balaban J connectivity index is 0.00000450. The van der Waals surface area contributed by atoms with Crippen LogP contribution in [0, 0.1) is 0 Å². The molecule has 5 nitrogen and oxygen atoms in total. The Kier molecular flexibility index (Phi) is 8.66. The predicted molar refractivity (Wildman–Crippen MR) is 122 cm³/mol. The fraction of sp³-hybridized carbons (Fsp3) is 0.227. The highest BCUT2D eigenvalue weighted by Gasteiger charge is 2.40. The van der Waals surface area contributed by atoms with E-state index in [2.05, 4.69) is 6.58 Å². The van der Waals surface area contributed by atoms with E-state index >= 15 is 0 Å². The molecule has 160 valence electrons. The summed E-state index contributed by atoms with van der Waals surface area (Å²) in [6.07, 6.45) is 0. The molecule has 0 atom stereocenters. The summed E-state index contributed by atoms with van der Waals surface area (Å²) in [4.78, 5) is 39.8. The number of hydrogen-bond donors (Lipinski definition) is 0. The molecule has 0 aliphatic rings. The third-order valence-corrected chi connectivity index (χ3v) is 4.51. The van der Waals surface area contributed by atoms with E-state index in [4.69, 9.17) is 23.2 Å². The van der Waals surface area contributed by atoms with Crippen molar-refractivity contribution in [3.8, 4) is 0 Å². The Bertz CT molecular complexity index is 969. The second kappa shape index (κ2) is 10.1. The molecule has 2 aromatic rings. The highest BCUT2D eigenvalue weighted by atomic mass is 35.5. The number of rotatable bonds is 3. The monoisotopic (exact) mass is 468 g/mol. The molecule has 2 rings (SSSR count). The van der Waals surface area contributed by atoms with E-state index < -0.39 is 23.3 Å². The zero-order valence-corrected chi connectivity index (χ0v) is 19.4. The van der Waals surface area contributed by atoms with Crippen molar-refractivity contribution >= 4 is 53.3 Å². The van der Waals surface area contributed by atoms with Crippen molar-refractivity contribution in [2.45, 2.75) is 33.2 Å². The van der Waals surface area contributed by atoms with Gasteiger partial charge in [0.05, 0.1) is 16.1 Å². The van der Waals surface area contributed by atoms with Gasteiger partial charge in [0, 0.05) is 16.2 Å². The van der Waals surface area contributed by atoms with Crippen LogP contribution in [0.4, 0.5) is 0 Å². The lowest BCUT2D eigenvalue weighted by Crippen LogP contribution is -2.60. The molecule has 0 radical (unpaired) electrons. The van der Waals surface area contributed by atoms with Gasteiger partial charge in [-0.3, -0.25) is 14.4 Å². The van der Waals surface area contributed by atoms with Gasteiger partial charge in [-0.1, -0.05) is 48.0 Å². The van der Waals surface area contributed by atoms with Gasteiger partial charge in [-0.2, -0.15) is 5.01 Å². The smallest absolute Gasteiger partial charge is 0.268 e. The number of carbonyl (C=O) groups excluding carboxylic acids is 3. The fourth-order valence-corrected chi connectivity index (χ4v) is 3.12. The molecule has 2 aromatic carbocycles. The molecule has 0 aromatic heterocycles. The maximum absolute atomic E-state index is 13.5. The van der Waals surface area contributed by atoms with Gasteiger partial charge in [-0.25, -0.2) is 5.01 Å². The molecule has 0 aliphatic carbocycles. The highest BCUT2D eigenvalue weighted by Crippen LogP contribution is 2.27. The van der Waals surface area contributed by atoms with Gasteiger partial charge in [0.15, 0.2) is 0 Å². The summed E-state index contributed by atoms with van der Waals surface area (Å²) in [6, 6.07) is 12.6. The molecule has 0 saturated carbocycles. The molecule has 0 bridgehead atoms. The molecule has 0 spiro atoms. The molecule has 3 amide bonds. The predicted octanol–water partition coefficient (Wildman–Crippen LogP) is 5.82. The molecule has 8 heteroatoms. The lowest BCUT2D eigenvalue weighted by molar-refractivity contribution is -0.146. The van der Waals surface area contributed by atoms with Gasteiger partial charge < -0.3 is 0 Å². The normalized spacial score (nSPS) is 10.6. The van der Waals surface area contributed by atoms with Gasteiger partial charge in [0.25, 0.3) is 17.7 Å². The largest absolute Gasteiger partial charge is 0.281 e. The molecular formula is C22H23Cl3N2O3. The van der Waals surface area contributed by atoms with Crippen molar-refractivity contribution in [1.82, 2.24) is 10.0 Å². The summed E-state index contributed by atoms with van der Waals surface area (Å²) < 4.78 is 0. The van der Waals surface area contributed by atoms with Crippen LogP contribution >= 0.6 is 35.6 Å². The number of benzene rings is 2. The number of hydrogen-bond acceptors (Lipinski definition) is 3. The Labute approximate surface area is 192 Å². The summed E-state index contributed by atoms with van der Waals surface area (Å²) in [5, 5.41) is 2.35. The first-order chi connectivity index (χ1) is 13.4. The quantitative estimate of drug-likeness (QED) is 0.323. The van der Waals surface area contributed by atoms with Crippen LogP contribution in [0.25, 0.3) is 0 Å². The van der Waals surface area contributed by atoms with Crippen LogP contribution in [0.15, 0.2) is 60.7 Å². The summed E-state index contributed by atoms with van der Waals surface area (Å²) >= 11 is 12.2. The average molecular weight is 470 g/mol. The molecular weight excluding hydrogens is 447 g/mol. The van der Waals surface area contributed by atoms with E-state index in [0.29, 0.717) is 5.02 Å². The first-order valence-electron chi connectivity index (χ1n) is 8.84. The number of hydrazine groups is 1. The topological polar surface area (TPSA) is 57.7 Å². The van der Waals surface area contributed by atoms with Crippen LogP contribution in [-0.4, -0.2) is 33.3 Å². The van der Waals surface area contributed by atoms with E-state index in [1.165, 1.54) is 25.1 Å². The van der Waals surface area contributed by atoms with Crippen molar-refractivity contribution in [3.05, 3.63) is 81.9 Å². The van der Waals surface area contributed by atoms with Crippen molar-refractivity contribution in [2.75, 3.05) is 0 Å². The van der Waals surface area contributed by atoms with Crippen molar-refractivity contribution in [3.63, 3.8) is 0 Å². The van der Waals surface area contributed by atoms with E-state index in [-0.39, 0.29) is 34.1 Å². The van der Waals surface area contributed by atoms with Crippen LogP contribution in [0.1, 0.15) is 48.4 Å². The number of nitrogens with zero attached hydrogens (tertiary/aromatic N) is 2. The lowest BCUT2D eigenvalue weighted by atomic mass is 10.1. The average Bonchev–Trinajstić information content (AvgIpc) is 2.64. The molecule has 0 unspecified atom stereocenters. The Morgan fingerprint density at radius 3 is 1.97 bits per heavy atom. The van der Waals surface area contributed by atoms with Crippen LogP contribution in [0.5, 0.6) is 0 Å². The van der Waals surface area contributed by atoms with Crippen LogP contribution < -0.4 is 0 Å². The van der Waals surface area contributed by atoms with Crippen molar-refractivity contribution < 1.29 is 14.4 Å². The number of amides is 3. The summed E-state index contributed by atoms with van der Waals surface area (Å²) in [6.45, 7) is 10.4. The Morgan fingerprint density at radius 1 is 0.933 bits per heavy atom. The van der Waals surface area contributed by atoms with E-state index in [9.17, 15) is 14.4 Å². The Morgan fingerprint density at radius 2 is 1.50 bits per heavy atom. The van der Waals surface area contributed by atoms with E-state index in [1.54, 1.807) is 51.1 Å². The first kappa shape index (κ1) is 25.7. The number of halogens is 3. The standard InChI is InChI=1S/C22H22Cl2N2O3.ClH/c1-14(2)19(27)26(22(3,4)5)25(20(28)15-9-7-6-8-10-15)21(29)17-12-11-16(23)13-18(17)24;/h6-13H,1H2,2-5H3;1H. The van der Waals surface area contributed by atoms with Crippen molar-refractivity contribution in [2.24, 2.45) is 0 Å². The molecule has 0 fully saturated rings. The summed E-state index contributed by atoms with van der Waals surface area (Å²) in [5.41, 5.74) is -0.436. The van der Waals surface area contributed by atoms with E-state index in [0.717, 1.165) is 10.0 Å². The van der Waals surface area contributed by atoms with Crippen LogP contribution in [0.2, 0.25) is 10.0 Å². The lowest BCUT2D eigenvalue weighted by Gasteiger charge is -2.42. The minimum absolute atomic E-state index is 0. The van der Waals surface area contributed by atoms with Crippen molar-refractivity contribution in [1.29, 1.82) is 0 Å². The first-order valence-corrected chi connectivity index (χ1v) is 9.59. The fourth-order valence-electron chi connectivity index (χ4n) is 2.63. The molecule has 0 heterocycles. The molecule has 0 aliphatic heterocycles. The maximum atomic E-state index is 13.5. The second-order valence-electron chi connectivity index (χ2n) is 7.48. The van der Waals surface area contributed by atoms with Gasteiger partial charge >= 0.3 is 0 Å². The maximum Gasteiger partial charge on any atom is 0.281 e. The zero-order valence-electron chi connectivity index (χ0n) is 17.1. The number of imide groups is 1. The highest BCUT2D eigenvalue weighted by molar-refractivity contribution is 6.37. The van der Waals surface area contributed by atoms with E-state index in [1.807, 2.05) is 0 Å². The molecule has 0 N–H and O–H groups in total. The van der Waals surface area contributed by atoms with Crippen LogP contribution in [0.3, 0.4) is 0 Å².